The van der Waals surface area contributed by atoms with Crippen molar-refractivity contribution in [1.82, 2.24) is 5.43 Å². The number of amides is 1. The minimum atomic E-state index is -0.411. The van der Waals surface area contributed by atoms with Crippen molar-refractivity contribution in [2.45, 2.75) is 0 Å². The van der Waals surface area contributed by atoms with Crippen LogP contribution in [0.5, 0.6) is 0 Å². The number of hydrogen-bond donors (Lipinski definition) is 1. The third kappa shape index (κ3) is 4.23. The Labute approximate surface area is 159 Å². The number of hydrazone groups is 1. The van der Waals surface area contributed by atoms with Gasteiger partial charge >= 0.3 is 0 Å². The second-order valence-corrected chi connectivity index (χ2v) is 6.26. The van der Waals surface area contributed by atoms with Crippen LogP contribution in [0.25, 0.3) is 11.3 Å². The van der Waals surface area contributed by atoms with E-state index in [1.165, 1.54) is 6.21 Å². The molecule has 0 aliphatic carbocycles. The fourth-order valence-corrected chi connectivity index (χ4v) is 2.72. The van der Waals surface area contributed by atoms with E-state index in [-0.39, 0.29) is 0 Å². The van der Waals surface area contributed by atoms with Gasteiger partial charge in [0.25, 0.3) is 5.91 Å². The highest BCUT2D eigenvalue weighted by molar-refractivity contribution is 6.35. The molecule has 0 aliphatic rings. The minimum absolute atomic E-state index is 0.340. The van der Waals surface area contributed by atoms with Crippen LogP contribution in [0.4, 0.5) is 0 Å². The van der Waals surface area contributed by atoms with Crippen LogP contribution in [0.2, 0.25) is 15.1 Å². The van der Waals surface area contributed by atoms with E-state index in [1.807, 2.05) is 0 Å². The molecule has 1 aromatic heterocycles. The Morgan fingerprint density at radius 3 is 2.60 bits per heavy atom. The topological polar surface area (TPSA) is 54.6 Å². The summed E-state index contributed by atoms with van der Waals surface area (Å²) in [5.74, 6) is 0.586. The molecule has 3 rings (SSSR count). The molecule has 0 spiro atoms. The summed E-state index contributed by atoms with van der Waals surface area (Å²) in [6.07, 6.45) is 1.39. The summed E-state index contributed by atoms with van der Waals surface area (Å²) in [7, 11) is 0. The Bertz CT molecular complexity index is 951. The van der Waals surface area contributed by atoms with E-state index in [1.54, 1.807) is 54.6 Å². The fourth-order valence-electron chi connectivity index (χ4n) is 2.11. The Kier molecular flexibility index (Phi) is 5.43. The largest absolute Gasteiger partial charge is 0.455 e. The predicted molar refractivity (Wildman–Crippen MR) is 101 cm³/mol. The average Bonchev–Trinajstić information content (AvgIpc) is 3.06. The highest BCUT2D eigenvalue weighted by Gasteiger charge is 2.10. The first-order valence-electron chi connectivity index (χ1n) is 7.18. The standard InChI is InChI=1S/C18H11Cl3N2O2/c19-11-5-7-16(21)14(9-11)17-8-6-12(25-17)10-22-23-18(24)13-3-1-2-4-15(13)20/h1-10H,(H,23,24)/b22-10+. The third-order valence-electron chi connectivity index (χ3n) is 3.30. The van der Waals surface area contributed by atoms with Gasteiger partial charge in [-0.25, -0.2) is 5.43 Å². The minimum Gasteiger partial charge on any atom is -0.455 e. The SMILES string of the molecule is O=C(N/N=C/c1ccc(-c2cc(Cl)ccc2Cl)o1)c1ccccc1Cl. The van der Waals surface area contributed by atoms with Gasteiger partial charge in [-0.15, -0.1) is 0 Å². The molecule has 126 valence electrons. The van der Waals surface area contributed by atoms with Crippen LogP contribution in [-0.4, -0.2) is 12.1 Å². The maximum absolute atomic E-state index is 12.0. The average molecular weight is 394 g/mol. The lowest BCUT2D eigenvalue weighted by Gasteiger charge is -2.01. The van der Waals surface area contributed by atoms with Gasteiger partial charge in [-0.2, -0.15) is 5.10 Å². The first kappa shape index (κ1) is 17.5. The molecule has 1 amide bonds. The summed E-state index contributed by atoms with van der Waals surface area (Å²) in [4.78, 5) is 12.0. The molecule has 0 unspecified atom stereocenters. The van der Waals surface area contributed by atoms with Crippen LogP contribution < -0.4 is 5.43 Å². The van der Waals surface area contributed by atoms with Gasteiger partial charge in [0, 0.05) is 10.6 Å². The van der Waals surface area contributed by atoms with Crippen molar-refractivity contribution in [2.75, 3.05) is 0 Å². The van der Waals surface area contributed by atoms with Gasteiger partial charge in [0.2, 0.25) is 0 Å². The number of benzene rings is 2. The van der Waals surface area contributed by atoms with Gasteiger partial charge in [0.05, 0.1) is 21.8 Å². The van der Waals surface area contributed by atoms with Crippen molar-refractivity contribution in [3.05, 3.63) is 81.0 Å². The maximum atomic E-state index is 12.0. The van der Waals surface area contributed by atoms with E-state index in [4.69, 9.17) is 39.2 Å². The molecule has 0 aliphatic heterocycles. The lowest BCUT2D eigenvalue weighted by atomic mass is 10.2. The molecule has 4 nitrogen and oxygen atoms in total. The molecule has 25 heavy (non-hydrogen) atoms. The van der Waals surface area contributed by atoms with E-state index in [2.05, 4.69) is 10.5 Å². The Morgan fingerprint density at radius 1 is 1.00 bits per heavy atom. The number of nitrogens with one attached hydrogen (secondary N) is 1. The van der Waals surface area contributed by atoms with Crippen LogP contribution in [0, 0.1) is 0 Å². The molecule has 2 aromatic carbocycles. The summed E-state index contributed by atoms with van der Waals surface area (Å²) >= 11 is 18.1. The monoisotopic (exact) mass is 392 g/mol. The van der Waals surface area contributed by atoms with E-state index < -0.39 is 5.91 Å². The lowest BCUT2D eigenvalue weighted by Crippen LogP contribution is -2.17. The lowest BCUT2D eigenvalue weighted by molar-refractivity contribution is 0.0955. The zero-order chi connectivity index (χ0) is 17.8. The van der Waals surface area contributed by atoms with Crippen LogP contribution >= 0.6 is 34.8 Å². The molecule has 1 heterocycles. The molecular formula is C18H11Cl3N2O2. The molecular weight excluding hydrogens is 383 g/mol. The Morgan fingerprint density at radius 2 is 1.80 bits per heavy atom. The second kappa shape index (κ2) is 7.74. The third-order valence-corrected chi connectivity index (χ3v) is 4.19. The highest BCUT2D eigenvalue weighted by atomic mass is 35.5. The molecule has 0 saturated carbocycles. The van der Waals surface area contributed by atoms with Gasteiger partial charge in [0.1, 0.15) is 11.5 Å². The summed E-state index contributed by atoms with van der Waals surface area (Å²) in [5.41, 5.74) is 3.41. The highest BCUT2D eigenvalue weighted by Crippen LogP contribution is 2.31. The molecule has 3 aromatic rings. The fraction of sp³-hybridized carbons (Fsp3) is 0. The summed E-state index contributed by atoms with van der Waals surface area (Å²) in [6, 6.07) is 15.3. The van der Waals surface area contributed by atoms with Gasteiger partial charge in [0.15, 0.2) is 0 Å². The van der Waals surface area contributed by atoms with Crippen molar-refractivity contribution in [1.29, 1.82) is 0 Å². The number of furan rings is 1. The predicted octanol–water partition coefficient (Wildman–Crippen LogP) is 5.67. The number of halogens is 3. The number of rotatable bonds is 4. The smallest absolute Gasteiger partial charge is 0.272 e. The summed E-state index contributed by atoms with van der Waals surface area (Å²) in [6.45, 7) is 0. The van der Waals surface area contributed by atoms with Gasteiger partial charge < -0.3 is 4.42 Å². The zero-order valence-electron chi connectivity index (χ0n) is 12.7. The van der Waals surface area contributed by atoms with Crippen molar-refractivity contribution in [3.8, 4) is 11.3 Å². The Hall–Kier alpha value is -2.27. The molecule has 0 atom stereocenters. The molecule has 1 N–H and O–H groups in total. The quantitative estimate of drug-likeness (QED) is 0.458. The number of carbonyl (C=O) groups excluding carboxylic acids is 1. The van der Waals surface area contributed by atoms with E-state index in [0.29, 0.717) is 37.7 Å². The van der Waals surface area contributed by atoms with E-state index in [0.717, 1.165) is 0 Å². The van der Waals surface area contributed by atoms with E-state index in [9.17, 15) is 4.79 Å². The molecule has 0 bridgehead atoms. The number of nitrogens with zero attached hydrogens (tertiary/aromatic N) is 1. The second-order valence-electron chi connectivity index (χ2n) is 5.01. The Balaban J connectivity index is 1.71. The normalized spacial score (nSPS) is 11.0. The van der Waals surface area contributed by atoms with Crippen molar-refractivity contribution < 1.29 is 9.21 Å². The maximum Gasteiger partial charge on any atom is 0.272 e. The van der Waals surface area contributed by atoms with E-state index >= 15 is 0 Å². The van der Waals surface area contributed by atoms with Crippen LogP contribution in [0.1, 0.15) is 16.1 Å². The van der Waals surface area contributed by atoms with Crippen LogP contribution in [-0.2, 0) is 0 Å². The van der Waals surface area contributed by atoms with Gasteiger partial charge in [-0.3, -0.25) is 4.79 Å². The van der Waals surface area contributed by atoms with Crippen molar-refractivity contribution >= 4 is 46.9 Å². The zero-order valence-corrected chi connectivity index (χ0v) is 14.9. The van der Waals surface area contributed by atoms with Gasteiger partial charge in [-0.1, -0.05) is 46.9 Å². The first-order chi connectivity index (χ1) is 12.0. The van der Waals surface area contributed by atoms with Crippen LogP contribution in [0.3, 0.4) is 0 Å². The molecule has 0 saturated heterocycles. The molecule has 0 radical (unpaired) electrons. The molecule has 7 heteroatoms. The van der Waals surface area contributed by atoms with Crippen molar-refractivity contribution in [3.63, 3.8) is 0 Å². The van der Waals surface area contributed by atoms with Crippen molar-refractivity contribution in [2.24, 2.45) is 5.10 Å². The summed E-state index contributed by atoms with van der Waals surface area (Å²) in [5, 5.41) is 5.30. The number of carbonyl (C=O) groups is 1. The van der Waals surface area contributed by atoms with Gasteiger partial charge in [-0.05, 0) is 42.5 Å². The first-order valence-corrected chi connectivity index (χ1v) is 8.31. The van der Waals surface area contributed by atoms with Crippen LogP contribution in [0.15, 0.2) is 64.1 Å². The number of hydrogen-bond acceptors (Lipinski definition) is 3. The summed E-state index contributed by atoms with van der Waals surface area (Å²) < 4.78 is 5.65. The molecule has 0 fully saturated rings.